The van der Waals surface area contributed by atoms with E-state index in [1.165, 1.54) is 30.3 Å². The van der Waals surface area contributed by atoms with E-state index in [4.69, 9.17) is 23.2 Å². The zero-order chi connectivity index (χ0) is 17.5. The number of imide groups is 1. The van der Waals surface area contributed by atoms with Crippen molar-refractivity contribution in [2.45, 2.75) is 16.6 Å². The van der Waals surface area contributed by atoms with E-state index >= 15 is 0 Å². The Morgan fingerprint density at radius 3 is 2.12 bits per heavy atom. The number of amides is 2. The lowest BCUT2D eigenvalue weighted by molar-refractivity contribution is -0.121. The van der Waals surface area contributed by atoms with Crippen LogP contribution in [0.2, 0.25) is 10.0 Å². The van der Waals surface area contributed by atoms with E-state index in [1.54, 1.807) is 18.2 Å². The van der Waals surface area contributed by atoms with Crippen molar-refractivity contribution in [3.05, 3.63) is 58.6 Å². The van der Waals surface area contributed by atoms with Crippen LogP contribution < -0.4 is 4.90 Å². The molecule has 1 atom stereocenters. The van der Waals surface area contributed by atoms with E-state index in [1.807, 2.05) is 0 Å². The van der Waals surface area contributed by atoms with E-state index in [2.05, 4.69) is 0 Å². The van der Waals surface area contributed by atoms with Crippen molar-refractivity contribution in [3.8, 4) is 0 Å². The van der Waals surface area contributed by atoms with E-state index in [9.17, 15) is 18.0 Å². The van der Waals surface area contributed by atoms with Crippen molar-refractivity contribution < 1.29 is 18.0 Å². The first-order valence-electron chi connectivity index (χ1n) is 6.92. The number of carbonyl (C=O) groups excluding carboxylic acids is 2. The molecule has 2 aromatic rings. The highest BCUT2D eigenvalue weighted by Crippen LogP contribution is 2.32. The van der Waals surface area contributed by atoms with Gasteiger partial charge in [-0.1, -0.05) is 41.4 Å². The lowest BCUT2D eigenvalue weighted by Crippen LogP contribution is -2.35. The minimum absolute atomic E-state index is 0.00197. The zero-order valence-corrected chi connectivity index (χ0v) is 14.5. The van der Waals surface area contributed by atoms with Crippen molar-refractivity contribution in [2.75, 3.05) is 4.90 Å². The molecule has 8 heteroatoms. The normalized spacial score (nSPS) is 18.2. The smallest absolute Gasteiger partial charge is 0.253 e. The molecule has 0 radical (unpaired) electrons. The first kappa shape index (κ1) is 17.0. The minimum Gasteiger partial charge on any atom is -0.274 e. The van der Waals surface area contributed by atoms with Crippen molar-refractivity contribution in [1.29, 1.82) is 0 Å². The predicted octanol–water partition coefficient (Wildman–Crippen LogP) is 3.10. The van der Waals surface area contributed by atoms with Gasteiger partial charge in [0.2, 0.25) is 5.91 Å². The van der Waals surface area contributed by atoms with Gasteiger partial charge in [-0.25, -0.2) is 13.3 Å². The van der Waals surface area contributed by atoms with Gasteiger partial charge in [-0.2, -0.15) is 0 Å². The molecule has 3 rings (SSSR count). The van der Waals surface area contributed by atoms with Crippen molar-refractivity contribution in [1.82, 2.24) is 0 Å². The lowest BCUT2D eigenvalue weighted by Gasteiger charge is -2.16. The Labute approximate surface area is 148 Å². The fourth-order valence-electron chi connectivity index (χ4n) is 2.56. The van der Waals surface area contributed by atoms with Crippen LogP contribution >= 0.6 is 23.2 Å². The van der Waals surface area contributed by atoms with Gasteiger partial charge in [0.15, 0.2) is 15.1 Å². The molecule has 2 amide bonds. The van der Waals surface area contributed by atoms with Gasteiger partial charge < -0.3 is 0 Å². The van der Waals surface area contributed by atoms with Crippen LogP contribution in [0.5, 0.6) is 0 Å². The topological polar surface area (TPSA) is 71.5 Å². The van der Waals surface area contributed by atoms with Gasteiger partial charge in [-0.05, 0) is 30.3 Å². The zero-order valence-electron chi connectivity index (χ0n) is 12.1. The third-order valence-corrected chi connectivity index (χ3v) is 6.14. The summed E-state index contributed by atoms with van der Waals surface area (Å²) in [6.07, 6.45) is -0.416. The number of anilines is 1. The van der Waals surface area contributed by atoms with Crippen LogP contribution in [0.3, 0.4) is 0 Å². The van der Waals surface area contributed by atoms with Gasteiger partial charge in [0, 0.05) is 10.0 Å². The highest BCUT2D eigenvalue weighted by atomic mass is 35.5. The molecular formula is C16H11Cl2NO4S. The maximum Gasteiger partial charge on any atom is 0.253 e. The lowest BCUT2D eigenvalue weighted by atomic mass is 10.3. The fourth-order valence-corrected chi connectivity index (χ4v) is 4.67. The highest BCUT2D eigenvalue weighted by molar-refractivity contribution is 7.93. The van der Waals surface area contributed by atoms with Crippen LogP contribution in [0, 0.1) is 0 Å². The van der Waals surface area contributed by atoms with Crippen LogP contribution in [0.1, 0.15) is 6.42 Å². The first-order valence-corrected chi connectivity index (χ1v) is 9.23. The van der Waals surface area contributed by atoms with Crippen LogP contribution in [-0.4, -0.2) is 25.5 Å². The molecule has 1 saturated heterocycles. The Balaban J connectivity index is 2.01. The number of nitrogens with zero attached hydrogens (tertiary/aromatic N) is 1. The largest absolute Gasteiger partial charge is 0.274 e. The summed E-state index contributed by atoms with van der Waals surface area (Å²) in [7, 11) is -3.96. The molecule has 2 aromatic carbocycles. The van der Waals surface area contributed by atoms with Crippen LogP contribution in [0.15, 0.2) is 53.4 Å². The van der Waals surface area contributed by atoms with Crippen molar-refractivity contribution >= 4 is 50.5 Å². The minimum atomic E-state index is -3.96. The number of hydrogen-bond donors (Lipinski definition) is 0. The standard InChI is InChI=1S/C16H11Cl2NO4S/c17-10-6-11(18)8-12(7-10)19-15(20)9-14(16(19)21)24(22,23)13-4-2-1-3-5-13/h1-8,14H,9H2/t14-/m1/s1. The van der Waals surface area contributed by atoms with Crippen molar-refractivity contribution in [2.24, 2.45) is 0 Å². The molecule has 124 valence electrons. The maximum atomic E-state index is 12.6. The summed E-state index contributed by atoms with van der Waals surface area (Å²) < 4.78 is 25.3. The highest BCUT2D eigenvalue weighted by Gasteiger charge is 2.47. The predicted molar refractivity (Wildman–Crippen MR) is 91.0 cm³/mol. The molecule has 1 aliphatic rings. The van der Waals surface area contributed by atoms with Gasteiger partial charge in [0.1, 0.15) is 0 Å². The van der Waals surface area contributed by atoms with Gasteiger partial charge in [-0.3, -0.25) is 9.59 Å². The number of benzene rings is 2. The average Bonchev–Trinajstić information content (AvgIpc) is 2.82. The molecule has 0 bridgehead atoms. The second kappa shape index (κ2) is 6.20. The SMILES string of the molecule is O=C1C[C@@H](S(=O)(=O)c2ccccc2)C(=O)N1c1cc(Cl)cc(Cl)c1. The molecule has 0 unspecified atom stereocenters. The summed E-state index contributed by atoms with van der Waals surface area (Å²) >= 11 is 11.8. The van der Waals surface area contributed by atoms with E-state index in [-0.39, 0.29) is 20.6 Å². The monoisotopic (exact) mass is 383 g/mol. The van der Waals surface area contributed by atoms with E-state index in [0.29, 0.717) is 0 Å². The Morgan fingerprint density at radius 2 is 1.54 bits per heavy atom. The average molecular weight is 384 g/mol. The number of hydrogen-bond acceptors (Lipinski definition) is 4. The molecular weight excluding hydrogens is 373 g/mol. The van der Waals surface area contributed by atoms with Crippen LogP contribution in [-0.2, 0) is 19.4 Å². The van der Waals surface area contributed by atoms with Crippen molar-refractivity contribution in [3.63, 3.8) is 0 Å². The molecule has 0 N–H and O–H groups in total. The Morgan fingerprint density at radius 1 is 0.958 bits per heavy atom. The summed E-state index contributed by atoms with van der Waals surface area (Å²) in [6.45, 7) is 0. The van der Waals surface area contributed by atoms with Gasteiger partial charge in [0.25, 0.3) is 5.91 Å². The third-order valence-electron chi connectivity index (χ3n) is 3.66. The molecule has 0 spiro atoms. The summed E-state index contributed by atoms with van der Waals surface area (Å²) in [5.74, 6) is -1.41. The molecule has 1 fully saturated rings. The summed E-state index contributed by atoms with van der Waals surface area (Å²) in [5.41, 5.74) is 0.160. The summed E-state index contributed by atoms with van der Waals surface area (Å²) in [4.78, 5) is 25.7. The van der Waals surface area contributed by atoms with Gasteiger partial charge in [0.05, 0.1) is 17.0 Å². The summed E-state index contributed by atoms with van der Waals surface area (Å²) in [5, 5.41) is -0.968. The molecule has 5 nitrogen and oxygen atoms in total. The second-order valence-electron chi connectivity index (χ2n) is 5.25. The quantitative estimate of drug-likeness (QED) is 0.763. The fraction of sp³-hybridized carbons (Fsp3) is 0.125. The van der Waals surface area contributed by atoms with Crippen LogP contribution in [0.25, 0.3) is 0 Å². The second-order valence-corrected chi connectivity index (χ2v) is 8.25. The Bertz CT molecular complexity index is 908. The molecule has 0 aliphatic carbocycles. The van der Waals surface area contributed by atoms with Crippen LogP contribution in [0.4, 0.5) is 5.69 Å². The molecule has 0 aromatic heterocycles. The molecule has 24 heavy (non-hydrogen) atoms. The molecule has 1 aliphatic heterocycles. The van der Waals surface area contributed by atoms with Gasteiger partial charge in [-0.15, -0.1) is 0 Å². The number of sulfone groups is 1. The molecule has 0 saturated carbocycles. The molecule has 1 heterocycles. The third kappa shape index (κ3) is 2.92. The Hall–Kier alpha value is -1.89. The van der Waals surface area contributed by atoms with E-state index < -0.39 is 33.3 Å². The first-order chi connectivity index (χ1) is 11.3. The summed E-state index contributed by atoms with van der Waals surface area (Å²) in [6, 6.07) is 11.8. The Kier molecular flexibility index (Phi) is 4.38. The van der Waals surface area contributed by atoms with Gasteiger partial charge >= 0.3 is 0 Å². The van der Waals surface area contributed by atoms with E-state index in [0.717, 1.165) is 4.90 Å². The number of halogens is 2. The maximum absolute atomic E-state index is 12.6. The number of carbonyl (C=O) groups is 2. The number of rotatable bonds is 3.